The lowest BCUT2D eigenvalue weighted by atomic mass is 10.1. The third kappa shape index (κ3) is 3.38. The van der Waals surface area contributed by atoms with Crippen LogP contribution in [0.3, 0.4) is 0 Å². The second kappa shape index (κ2) is 5.35. The van der Waals surface area contributed by atoms with E-state index in [0.717, 1.165) is 5.56 Å². The molecule has 0 aromatic heterocycles. The molecule has 0 saturated carbocycles. The first-order valence-electron chi connectivity index (χ1n) is 4.45. The summed E-state index contributed by atoms with van der Waals surface area (Å²) in [6, 6.07) is 4.65. The van der Waals surface area contributed by atoms with Crippen molar-refractivity contribution >= 4 is 29.1 Å². The van der Waals surface area contributed by atoms with Gasteiger partial charge in [-0.25, -0.2) is 0 Å². The summed E-state index contributed by atoms with van der Waals surface area (Å²) in [6.45, 7) is 0. The van der Waals surface area contributed by atoms with Crippen LogP contribution in [0, 0.1) is 0 Å². The van der Waals surface area contributed by atoms with Gasteiger partial charge in [-0.3, -0.25) is 4.79 Å². The molecule has 1 unspecified atom stereocenters. The summed E-state index contributed by atoms with van der Waals surface area (Å²) in [5.41, 5.74) is 6.55. The van der Waals surface area contributed by atoms with Crippen molar-refractivity contribution in [3.63, 3.8) is 0 Å². The van der Waals surface area contributed by atoms with Crippen molar-refractivity contribution < 1.29 is 4.79 Å². The maximum absolute atomic E-state index is 11.2. The molecule has 1 amide bonds. The van der Waals surface area contributed by atoms with Crippen LogP contribution in [-0.4, -0.2) is 19.0 Å². The molecule has 0 aliphatic heterocycles. The molecule has 3 nitrogen and oxygen atoms in total. The Kier molecular flexibility index (Phi) is 4.39. The lowest BCUT2D eigenvalue weighted by Crippen LogP contribution is -2.40. The molecule has 0 heterocycles. The van der Waals surface area contributed by atoms with Gasteiger partial charge in [-0.1, -0.05) is 29.3 Å². The summed E-state index contributed by atoms with van der Waals surface area (Å²) < 4.78 is 0. The number of hydrogen-bond acceptors (Lipinski definition) is 2. The zero-order valence-corrected chi connectivity index (χ0v) is 9.77. The second-order valence-corrected chi connectivity index (χ2v) is 3.99. The average Bonchev–Trinajstić information content (AvgIpc) is 2.22. The number of rotatable bonds is 3. The predicted octanol–water partition coefficient (Wildman–Crippen LogP) is 1.61. The quantitative estimate of drug-likeness (QED) is 0.852. The summed E-state index contributed by atoms with van der Waals surface area (Å²) in [4.78, 5) is 11.2. The number of amides is 1. The minimum atomic E-state index is -0.563. The maximum Gasteiger partial charge on any atom is 0.237 e. The van der Waals surface area contributed by atoms with E-state index in [2.05, 4.69) is 5.32 Å². The van der Waals surface area contributed by atoms with Crippen molar-refractivity contribution in [3.05, 3.63) is 33.8 Å². The van der Waals surface area contributed by atoms with Crippen LogP contribution >= 0.6 is 23.2 Å². The fourth-order valence-electron chi connectivity index (χ4n) is 1.20. The molecule has 1 atom stereocenters. The molecule has 0 spiro atoms. The van der Waals surface area contributed by atoms with Crippen molar-refractivity contribution in [1.29, 1.82) is 0 Å². The highest BCUT2D eigenvalue weighted by atomic mass is 35.5. The van der Waals surface area contributed by atoms with Crippen LogP contribution in [0.1, 0.15) is 5.56 Å². The number of hydrogen-bond donors (Lipinski definition) is 2. The van der Waals surface area contributed by atoms with E-state index in [1.54, 1.807) is 25.2 Å². The van der Waals surface area contributed by atoms with Gasteiger partial charge in [0.25, 0.3) is 0 Å². The van der Waals surface area contributed by atoms with Crippen LogP contribution < -0.4 is 11.1 Å². The van der Waals surface area contributed by atoms with Gasteiger partial charge in [0, 0.05) is 7.05 Å². The van der Waals surface area contributed by atoms with Crippen molar-refractivity contribution in [2.24, 2.45) is 5.73 Å². The Hall–Kier alpha value is -0.770. The summed E-state index contributed by atoms with van der Waals surface area (Å²) in [5.74, 6) is -0.193. The number of nitrogens with two attached hydrogens (primary N) is 1. The minimum Gasteiger partial charge on any atom is -0.358 e. The highest BCUT2D eigenvalue weighted by molar-refractivity contribution is 6.42. The molecular formula is C10H12Cl2N2O. The average molecular weight is 247 g/mol. The molecule has 0 aliphatic carbocycles. The largest absolute Gasteiger partial charge is 0.358 e. The SMILES string of the molecule is CNC(=O)C(N)Cc1ccc(Cl)c(Cl)c1. The van der Waals surface area contributed by atoms with E-state index in [1.807, 2.05) is 0 Å². The van der Waals surface area contributed by atoms with E-state index in [1.165, 1.54) is 0 Å². The van der Waals surface area contributed by atoms with Crippen LogP contribution in [0.25, 0.3) is 0 Å². The Morgan fingerprint density at radius 3 is 2.67 bits per heavy atom. The van der Waals surface area contributed by atoms with E-state index in [-0.39, 0.29) is 5.91 Å². The van der Waals surface area contributed by atoms with E-state index in [0.29, 0.717) is 16.5 Å². The fourth-order valence-corrected chi connectivity index (χ4v) is 1.52. The summed E-state index contributed by atoms with van der Waals surface area (Å²) in [7, 11) is 1.55. The van der Waals surface area contributed by atoms with Gasteiger partial charge in [0.05, 0.1) is 16.1 Å². The molecule has 0 bridgehead atoms. The second-order valence-electron chi connectivity index (χ2n) is 3.17. The van der Waals surface area contributed by atoms with Crippen molar-refractivity contribution in [1.82, 2.24) is 5.32 Å². The number of carbonyl (C=O) groups is 1. The maximum atomic E-state index is 11.2. The van der Waals surface area contributed by atoms with Gasteiger partial charge in [0.15, 0.2) is 0 Å². The smallest absolute Gasteiger partial charge is 0.237 e. The molecule has 1 aromatic rings. The van der Waals surface area contributed by atoms with E-state index in [4.69, 9.17) is 28.9 Å². The van der Waals surface area contributed by atoms with Crippen LogP contribution in [0.15, 0.2) is 18.2 Å². The first kappa shape index (κ1) is 12.3. The first-order valence-corrected chi connectivity index (χ1v) is 5.21. The van der Waals surface area contributed by atoms with E-state index in [9.17, 15) is 4.79 Å². The van der Waals surface area contributed by atoms with Gasteiger partial charge in [-0.05, 0) is 24.1 Å². The first-order chi connectivity index (χ1) is 7.04. The zero-order chi connectivity index (χ0) is 11.4. The van der Waals surface area contributed by atoms with Gasteiger partial charge < -0.3 is 11.1 Å². The zero-order valence-electron chi connectivity index (χ0n) is 8.26. The highest BCUT2D eigenvalue weighted by Gasteiger charge is 2.12. The number of benzene rings is 1. The topological polar surface area (TPSA) is 55.1 Å². The van der Waals surface area contributed by atoms with Gasteiger partial charge in [0.2, 0.25) is 5.91 Å². The Balaban J connectivity index is 2.73. The van der Waals surface area contributed by atoms with E-state index >= 15 is 0 Å². The molecule has 82 valence electrons. The lowest BCUT2D eigenvalue weighted by molar-refractivity contribution is -0.121. The molecule has 1 aromatic carbocycles. The monoisotopic (exact) mass is 246 g/mol. The third-order valence-corrected chi connectivity index (χ3v) is 2.76. The van der Waals surface area contributed by atoms with Crippen molar-refractivity contribution in [3.8, 4) is 0 Å². The molecule has 0 fully saturated rings. The number of halogens is 2. The summed E-state index contributed by atoms with van der Waals surface area (Å²) in [5, 5.41) is 3.45. The van der Waals surface area contributed by atoms with E-state index < -0.39 is 6.04 Å². The predicted molar refractivity (Wildman–Crippen MR) is 62.2 cm³/mol. The van der Waals surface area contributed by atoms with Gasteiger partial charge in [-0.2, -0.15) is 0 Å². The van der Waals surface area contributed by atoms with Gasteiger partial charge in [0.1, 0.15) is 0 Å². The minimum absolute atomic E-state index is 0.193. The Morgan fingerprint density at radius 2 is 2.13 bits per heavy atom. The molecule has 1 rings (SSSR count). The van der Waals surface area contributed by atoms with Crippen LogP contribution in [0.4, 0.5) is 0 Å². The third-order valence-electron chi connectivity index (χ3n) is 2.02. The van der Waals surface area contributed by atoms with Crippen LogP contribution in [-0.2, 0) is 11.2 Å². The molecule has 15 heavy (non-hydrogen) atoms. The van der Waals surface area contributed by atoms with Crippen molar-refractivity contribution in [2.45, 2.75) is 12.5 Å². The fraction of sp³-hybridized carbons (Fsp3) is 0.300. The number of carbonyl (C=O) groups excluding carboxylic acids is 1. The molecule has 0 radical (unpaired) electrons. The Labute approximate surface area is 98.5 Å². The summed E-state index contributed by atoms with van der Waals surface area (Å²) >= 11 is 11.6. The van der Waals surface area contributed by atoms with Crippen molar-refractivity contribution in [2.75, 3.05) is 7.05 Å². The van der Waals surface area contributed by atoms with Gasteiger partial charge in [-0.15, -0.1) is 0 Å². The van der Waals surface area contributed by atoms with Crippen LogP contribution in [0.5, 0.6) is 0 Å². The molecular weight excluding hydrogens is 235 g/mol. The number of likely N-dealkylation sites (N-methyl/N-ethyl adjacent to an activating group) is 1. The highest BCUT2D eigenvalue weighted by Crippen LogP contribution is 2.22. The Bertz CT molecular complexity index is 368. The van der Waals surface area contributed by atoms with Crippen LogP contribution in [0.2, 0.25) is 10.0 Å². The normalized spacial score (nSPS) is 12.3. The summed E-state index contributed by atoms with van der Waals surface area (Å²) in [6.07, 6.45) is 0.441. The number of nitrogens with one attached hydrogen (secondary N) is 1. The lowest BCUT2D eigenvalue weighted by Gasteiger charge is -2.10. The van der Waals surface area contributed by atoms with Gasteiger partial charge >= 0.3 is 0 Å². The molecule has 5 heteroatoms. The molecule has 0 saturated heterocycles. The standard InChI is InChI=1S/C10H12Cl2N2O/c1-14-10(15)9(13)5-6-2-3-7(11)8(12)4-6/h2-4,9H,5,13H2,1H3,(H,14,15). The molecule has 3 N–H and O–H groups in total. The Morgan fingerprint density at radius 1 is 1.47 bits per heavy atom. The molecule has 0 aliphatic rings.